The van der Waals surface area contributed by atoms with Crippen LogP contribution in [0.15, 0.2) is 347 Å². The van der Waals surface area contributed by atoms with E-state index in [9.17, 15) is 28.8 Å². The molecule has 0 aliphatic carbocycles. The van der Waals surface area contributed by atoms with Crippen molar-refractivity contribution < 1.29 is 85.6 Å². The molecule has 2 aromatic heterocycles. The van der Waals surface area contributed by atoms with Crippen molar-refractivity contribution in [2.75, 3.05) is 0 Å². The number of hydrogen-bond acceptors (Lipinski definition) is 2. The lowest BCUT2D eigenvalue weighted by atomic mass is 9.84. The van der Waals surface area contributed by atoms with Crippen LogP contribution in [0.4, 0.5) is 0 Å². The first kappa shape index (κ1) is 21.9. The average molecular weight is 1250 g/mol. The van der Waals surface area contributed by atoms with Crippen LogP contribution >= 0.6 is 0 Å². The van der Waals surface area contributed by atoms with E-state index in [4.69, 9.17) is 56.8 Å². The Labute approximate surface area is 620 Å². The maximum atomic E-state index is 10.0. The third-order valence-corrected chi connectivity index (χ3v) is 15.6. The lowest BCUT2D eigenvalue weighted by Crippen LogP contribution is -1.92. The zero-order valence-electron chi connectivity index (χ0n) is 103. The lowest BCUT2D eigenvalue weighted by molar-refractivity contribution is 0.668. The molecule has 0 N–H and O–H groups in total. The Balaban J connectivity index is 0.000000188. The molecule has 0 amide bonds. The van der Waals surface area contributed by atoms with Gasteiger partial charge >= 0.3 is 0 Å². The SMILES string of the molecule is [2H]c1c([2H])c(-c2c3c([2H])c([2H])c([2H])c([2H])c3c(-c3c([2H])c([2H])c([2H])c4oc5c([2H])c([2H])c([2H])c([2H])c5c34)c3c([2H])c([2H])c([2H])c([2H])c23)c([2H])c(-c2c([2H])c([2H])c([2H])c3c2c([2H])c([2H])c2c([2H])c([2H])c([2H])c([2H])c23)c1[2H].[2H]c1c([2H])c(-c2c3c([2H])c([2H])c([2H])c([2H])c3c(-c3c([2H])c([2H])c([2H])c4oc5c([2H])c([2H])c([2H])c([2H])c5c34)c3c([2H])c([2H])c([2H])c([2H])c23)c([2H])c(-c2c([2H])c3c([2H])c([2H])c([2H])c([2H])c3c3c([2H])c([2H])c([2H])c([2H])c23)c1[2H]. The molecule has 0 saturated heterocycles. The van der Waals surface area contributed by atoms with Crippen LogP contribution in [-0.4, -0.2) is 0 Å². The highest BCUT2D eigenvalue weighted by molar-refractivity contribution is 6.28. The molecule has 0 spiro atoms. The summed E-state index contributed by atoms with van der Waals surface area (Å²) in [6, 6.07) is -52.9. The van der Waals surface area contributed by atoms with Crippen molar-refractivity contribution >= 4 is 130 Å². The quantitative estimate of drug-likeness (QED) is 0.123. The highest BCUT2D eigenvalue weighted by atomic mass is 16.3. The van der Waals surface area contributed by atoms with Crippen molar-refractivity contribution in [3.05, 3.63) is 338 Å². The van der Waals surface area contributed by atoms with E-state index in [0.717, 1.165) is 0 Å². The maximum Gasteiger partial charge on any atom is 0.136 e. The standard InChI is InChI=1S/2C46H28O/c1-2-15-32-29(12-1)26-27-35-33(21-10-22-34(32)35)30-13-9-14-31(28-30)44-36-16-3-5-18-38(36)45(39-19-6-4-17-37(39)44)41-23-11-25-43-46(41)40-20-7-8-24-42(40)47-43;1-2-16-32-30(13-1)28-41(34-18-4-3-17-33(32)34)29-14-11-15-31(27-29)44-35-19-5-7-21-37(35)45(38-22-8-6-20-36(38)44)40-24-12-26-43-46(40)39-23-9-10-25-42(39)47-43/h2*1-28H/i2*1D,2D,3D,4D,5D,6D,7D,8D,9D,10D,11D,12D,13D,14D,15D,16D,17D,18D,19D,20D,21D,22D,23D,24D,25D,26D,27D,28D. The van der Waals surface area contributed by atoms with Crippen LogP contribution in [0, 0.1) is 0 Å². The second-order valence-corrected chi connectivity index (χ2v) is 20.5. The summed E-state index contributed by atoms with van der Waals surface area (Å²) in [6.45, 7) is 0. The molecule has 2 heterocycles. The average Bonchev–Trinajstić information content (AvgIpc) is 0.936. The van der Waals surface area contributed by atoms with E-state index in [2.05, 4.69) is 0 Å². The van der Waals surface area contributed by atoms with Gasteiger partial charge in [-0.3, -0.25) is 0 Å². The summed E-state index contributed by atoms with van der Waals surface area (Å²) in [4.78, 5) is 0. The largest absolute Gasteiger partial charge is 0.456 e. The Kier molecular flexibility index (Phi) is 5.05. The number of para-hydroxylation sites is 2. The molecule has 436 valence electrons. The van der Waals surface area contributed by atoms with Crippen molar-refractivity contribution in [3.8, 4) is 66.8 Å². The van der Waals surface area contributed by atoms with Crippen LogP contribution in [0.3, 0.4) is 0 Å². The van der Waals surface area contributed by atoms with Gasteiger partial charge in [0.15, 0.2) is 0 Å². The van der Waals surface area contributed by atoms with Gasteiger partial charge in [0.1, 0.15) is 22.3 Å². The number of benzene rings is 18. The van der Waals surface area contributed by atoms with Gasteiger partial charge < -0.3 is 8.83 Å². The zero-order valence-corrected chi connectivity index (χ0v) is 46.8. The smallest absolute Gasteiger partial charge is 0.136 e. The Morgan fingerprint density at radius 2 is 0.479 bits per heavy atom. The van der Waals surface area contributed by atoms with Gasteiger partial charge in [-0.25, -0.2) is 0 Å². The van der Waals surface area contributed by atoms with Crippen LogP contribution in [-0.2, 0) is 0 Å². The Morgan fingerprint density at radius 1 is 0.170 bits per heavy atom. The van der Waals surface area contributed by atoms with E-state index in [1.54, 1.807) is 0 Å². The molecule has 20 rings (SSSR count). The number of fused-ring (bicyclic) bond motifs is 16. The summed E-state index contributed by atoms with van der Waals surface area (Å²) < 4.78 is 518. The number of rotatable bonds is 6. The molecule has 94 heavy (non-hydrogen) atoms. The molecule has 0 radical (unpaired) electrons. The van der Waals surface area contributed by atoms with Crippen molar-refractivity contribution in [2.45, 2.75) is 0 Å². The van der Waals surface area contributed by atoms with E-state index in [-0.39, 0.29) is 0 Å². The first-order chi connectivity index (χ1) is 70.0. The third kappa shape index (κ3) is 8.43. The van der Waals surface area contributed by atoms with Crippen molar-refractivity contribution in [1.82, 2.24) is 0 Å². The fourth-order valence-corrected chi connectivity index (χ4v) is 11.8. The number of hydrogen-bond donors (Lipinski definition) is 0. The van der Waals surface area contributed by atoms with Crippen LogP contribution < -0.4 is 0 Å². The van der Waals surface area contributed by atoms with Gasteiger partial charge in [0.2, 0.25) is 0 Å². The van der Waals surface area contributed by atoms with Crippen molar-refractivity contribution in [1.29, 1.82) is 0 Å². The molecule has 0 aliphatic heterocycles. The van der Waals surface area contributed by atoms with Gasteiger partial charge in [0.05, 0.1) is 76.8 Å². The summed E-state index contributed by atoms with van der Waals surface area (Å²) in [5.41, 5.74) is -12.0. The molecule has 2 heteroatoms. The topological polar surface area (TPSA) is 26.3 Å². The number of furan rings is 2. The monoisotopic (exact) mass is 1250 g/mol. The molecular weight excluding hydrogens is 1140 g/mol. The van der Waals surface area contributed by atoms with Crippen molar-refractivity contribution in [2.24, 2.45) is 0 Å². The molecule has 0 unspecified atom stereocenters. The molecular formula is C92H56O2. The van der Waals surface area contributed by atoms with E-state index in [1.165, 1.54) is 0 Å². The highest BCUT2D eigenvalue weighted by Crippen LogP contribution is 2.50. The second-order valence-electron chi connectivity index (χ2n) is 20.5. The minimum Gasteiger partial charge on any atom is -0.456 e. The first-order valence-corrected chi connectivity index (χ1v) is 27.8. The van der Waals surface area contributed by atoms with Gasteiger partial charge in [0.25, 0.3) is 0 Å². The Morgan fingerprint density at radius 3 is 0.968 bits per heavy atom. The highest BCUT2D eigenvalue weighted by Gasteiger charge is 2.23. The third-order valence-electron chi connectivity index (χ3n) is 15.6. The zero-order chi connectivity index (χ0) is 111. The lowest BCUT2D eigenvalue weighted by Gasteiger charge is -2.19. The maximum absolute atomic E-state index is 10.0. The Hall–Kier alpha value is -12.4. The van der Waals surface area contributed by atoms with Crippen LogP contribution in [0.1, 0.15) is 76.8 Å². The molecule has 18 aromatic carbocycles. The molecule has 0 aliphatic rings. The van der Waals surface area contributed by atoms with E-state index in [1.807, 2.05) is 0 Å². The molecule has 0 bridgehead atoms. The molecule has 20 aromatic rings. The first-order valence-electron chi connectivity index (χ1n) is 55.8. The van der Waals surface area contributed by atoms with Crippen LogP contribution in [0.5, 0.6) is 0 Å². The van der Waals surface area contributed by atoms with E-state index in [0.29, 0.717) is 0 Å². The minimum atomic E-state index is -1.12. The predicted molar refractivity (Wildman–Crippen MR) is 400 cm³/mol. The second kappa shape index (κ2) is 21.7. The molecule has 0 saturated carbocycles. The summed E-state index contributed by atoms with van der Waals surface area (Å²) >= 11 is 0. The predicted octanol–water partition coefficient (Wildman–Crippen LogP) is 26.4. The van der Waals surface area contributed by atoms with Gasteiger partial charge in [-0.2, -0.15) is 0 Å². The van der Waals surface area contributed by atoms with Gasteiger partial charge in [0, 0.05) is 21.5 Å². The van der Waals surface area contributed by atoms with Gasteiger partial charge in [-0.1, -0.05) is 296 Å². The fraction of sp³-hybridized carbons (Fsp3) is 0. The molecule has 0 fully saturated rings. The molecule has 2 nitrogen and oxygen atoms in total. The minimum absolute atomic E-state index is 0.490. The van der Waals surface area contributed by atoms with Crippen LogP contribution in [0.25, 0.3) is 197 Å². The molecule has 0 atom stereocenters. The van der Waals surface area contributed by atoms with Gasteiger partial charge in [-0.05, 0) is 195 Å². The normalized spacial score (nSPS) is 20.2. The fourth-order valence-electron chi connectivity index (χ4n) is 11.8. The summed E-state index contributed by atoms with van der Waals surface area (Å²) in [5.74, 6) is 0. The van der Waals surface area contributed by atoms with E-state index < -0.39 is 535 Å². The van der Waals surface area contributed by atoms with Crippen molar-refractivity contribution in [3.63, 3.8) is 0 Å². The Bertz CT molecular complexity index is 9810. The van der Waals surface area contributed by atoms with E-state index >= 15 is 0 Å². The summed E-state index contributed by atoms with van der Waals surface area (Å²) in [7, 11) is 0. The summed E-state index contributed by atoms with van der Waals surface area (Å²) in [6.07, 6.45) is 0. The van der Waals surface area contributed by atoms with Gasteiger partial charge in [-0.15, -0.1) is 0 Å². The van der Waals surface area contributed by atoms with Crippen LogP contribution in [0.2, 0.25) is 0 Å². The summed E-state index contributed by atoms with van der Waals surface area (Å²) in [5, 5.41) is -13.0.